The standard InChI is InChI=1S/C28H47F3O3/c1-5-9-10-11-12-16-19-24(28(32-6-2,33-7-3)34-8-4)20-17-14-13-15-18-23-21-26(30)27(31)22-25(23)29/h21-22,24H,5-20H2,1-4H3. The van der Waals surface area contributed by atoms with Gasteiger partial charge in [-0.25, -0.2) is 13.2 Å². The van der Waals surface area contributed by atoms with Crippen LogP contribution in [0.5, 0.6) is 0 Å². The molecule has 0 saturated carbocycles. The molecule has 0 bridgehead atoms. The van der Waals surface area contributed by atoms with Gasteiger partial charge in [0.1, 0.15) is 5.82 Å². The van der Waals surface area contributed by atoms with Gasteiger partial charge in [-0.1, -0.05) is 64.7 Å². The fourth-order valence-electron chi connectivity index (χ4n) is 4.57. The highest BCUT2D eigenvalue weighted by atomic mass is 19.2. The van der Waals surface area contributed by atoms with Crippen molar-refractivity contribution in [2.45, 2.75) is 117 Å². The predicted octanol–water partition coefficient (Wildman–Crippen LogP) is 8.73. The lowest BCUT2D eigenvalue weighted by atomic mass is 9.91. The summed E-state index contributed by atoms with van der Waals surface area (Å²) in [5, 5.41) is 0. The molecule has 0 spiro atoms. The van der Waals surface area contributed by atoms with Crippen molar-refractivity contribution < 1.29 is 27.4 Å². The van der Waals surface area contributed by atoms with E-state index in [1.807, 2.05) is 20.8 Å². The van der Waals surface area contributed by atoms with Crippen LogP contribution in [-0.2, 0) is 20.6 Å². The zero-order valence-electron chi connectivity index (χ0n) is 21.9. The molecule has 0 aliphatic carbocycles. The lowest BCUT2D eigenvalue weighted by molar-refractivity contribution is -0.403. The van der Waals surface area contributed by atoms with Crippen molar-refractivity contribution in [1.29, 1.82) is 0 Å². The van der Waals surface area contributed by atoms with E-state index in [9.17, 15) is 13.2 Å². The molecule has 1 aromatic carbocycles. The first-order chi connectivity index (χ1) is 16.4. The lowest BCUT2D eigenvalue weighted by Gasteiger charge is -2.39. The molecule has 0 amide bonds. The maximum atomic E-state index is 13.8. The van der Waals surface area contributed by atoms with Gasteiger partial charge in [0, 0.05) is 31.8 Å². The van der Waals surface area contributed by atoms with E-state index in [0.717, 1.165) is 51.0 Å². The van der Waals surface area contributed by atoms with Gasteiger partial charge in [0.25, 0.3) is 5.97 Å². The molecule has 0 heterocycles. The Morgan fingerprint density at radius 2 is 1.09 bits per heavy atom. The van der Waals surface area contributed by atoms with Gasteiger partial charge in [0.15, 0.2) is 11.6 Å². The minimum atomic E-state index is -1.14. The van der Waals surface area contributed by atoms with Gasteiger partial charge in [0.2, 0.25) is 0 Å². The summed E-state index contributed by atoms with van der Waals surface area (Å²) in [6, 6.07) is 1.61. The lowest BCUT2D eigenvalue weighted by Crippen LogP contribution is -2.46. The first-order valence-electron chi connectivity index (χ1n) is 13.5. The van der Waals surface area contributed by atoms with Crippen LogP contribution in [0.3, 0.4) is 0 Å². The van der Waals surface area contributed by atoms with Crippen LogP contribution in [0, 0.1) is 23.4 Å². The third-order valence-corrected chi connectivity index (χ3v) is 6.28. The summed E-state index contributed by atoms with van der Waals surface area (Å²) < 4.78 is 58.6. The number of benzene rings is 1. The second-order valence-electron chi connectivity index (χ2n) is 8.97. The topological polar surface area (TPSA) is 27.7 Å². The summed E-state index contributed by atoms with van der Waals surface area (Å²) >= 11 is 0. The third-order valence-electron chi connectivity index (χ3n) is 6.28. The Hall–Kier alpha value is -1.11. The van der Waals surface area contributed by atoms with Crippen molar-refractivity contribution in [3.63, 3.8) is 0 Å². The molecule has 1 atom stereocenters. The normalized spacial score (nSPS) is 12.9. The number of hydrogen-bond acceptors (Lipinski definition) is 3. The van der Waals surface area contributed by atoms with Gasteiger partial charge >= 0.3 is 0 Å². The van der Waals surface area contributed by atoms with E-state index in [4.69, 9.17) is 14.2 Å². The van der Waals surface area contributed by atoms with Gasteiger partial charge in [-0.2, -0.15) is 0 Å². The zero-order valence-corrected chi connectivity index (χ0v) is 21.9. The highest BCUT2D eigenvalue weighted by molar-refractivity contribution is 5.20. The molecule has 0 fully saturated rings. The molecule has 3 nitrogen and oxygen atoms in total. The van der Waals surface area contributed by atoms with Gasteiger partial charge in [-0.05, 0) is 58.1 Å². The minimum Gasteiger partial charge on any atom is -0.328 e. The Balaban J connectivity index is 2.61. The van der Waals surface area contributed by atoms with Crippen molar-refractivity contribution in [1.82, 2.24) is 0 Å². The fraction of sp³-hybridized carbons (Fsp3) is 0.786. The molecule has 1 unspecified atom stereocenters. The summed E-state index contributed by atoms with van der Waals surface area (Å²) in [6.45, 7) is 9.68. The summed E-state index contributed by atoms with van der Waals surface area (Å²) in [6.07, 6.45) is 13.3. The van der Waals surface area contributed by atoms with E-state index in [0.29, 0.717) is 32.3 Å². The Morgan fingerprint density at radius 1 is 0.618 bits per heavy atom. The van der Waals surface area contributed by atoms with Crippen LogP contribution in [0.15, 0.2) is 12.1 Å². The molecule has 0 aromatic heterocycles. The second-order valence-corrected chi connectivity index (χ2v) is 8.97. The van der Waals surface area contributed by atoms with Crippen LogP contribution in [0.25, 0.3) is 0 Å². The first-order valence-corrected chi connectivity index (χ1v) is 13.5. The van der Waals surface area contributed by atoms with Gasteiger partial charge in [0.05, 0.1) is 0 Å². The molecular weight excluding hydrogens is 441 g/mol. The quantitative estimate of drug-likeness (QED) is 0.0983. The van der Waals surface area contributed by atoms with Crippen molar-refractivity contribution in [3.8, 4) is 0 Å². The predicted molar refractivity (Wildman–Crippen MR) is 132 cm³/mol. The molecule has 1 aromatic rings. The molecule has 0 aliphatic rings. The van der Waals surface area contributed by atoms with E-state index < -0.39 is 23.4 Å². The highest BCUT2D eigenvalue weighted by Crippen LogP contribution is 2.34. The van der Waals surface area contributed by atoms with Crippen molar-refractivity contribution in [2.24, 2.45) is 5.92 Å². The number of unbranched alkanes of at least 4 members (excludes halogenated alkanes) is 8. The largest absolute Gasteiger partial charge is 0.328 e. The summed E-state index contributed by atoms with van der Waals surface area (Å²) in [4.78, 5) is 0. The summed E-state index contributed by atoms with van der Waals surface area (Å²) in [7, 11) is 0. The maximum absolute atomic E-state index is 13.8. The third kappa shape index (κ3) is 11.1. The average molecular weight is 489 g/mol. The Kier molecular flexibility index (Phi) is 16.6. The molecule has 0 saturated heterocycles. The van der Waals surface area contributed by atoms with E-state index in [1.54, 1.807) is 0 Å². The average Bonchev–Trinajstić information content (AvgIpc) is 2.80. The zero-order chi connectivity index (χ0) is 25.2. The maximum Gasteiger partial charge on any atom is 0.285 e. The van der Waals surface area contributed by atoms with E-state index >= 15 is 0 Å². The summed E-state index contributed by atoms with van der Waals surface area (Å²) in [5.74, 6) is -3.67. The number of ether oxygens (including phenoxy) is 3. The number of hydrogen-bond donors (Lipinski definition) is 0. The Morgan fingerprint density at radius 3 is 1.62 bits per heavy atom. The molecule has 0 aliphatic heterocycles. The van der Waals surface area contributed by atoms with E-state index in [1.165, 1.54) is 32.1 Å². The first kappa shape index (κ1) is 30.9. The van der Waals surface area contributed by atoms with Crippen molar-refractivity contribution in [2.75, 3.05) is 19.8 Å². The van der Waals surface area contributed by atoms with Gasteiger partial charge in [-0.15, -0.1) is 0 Å². The van der Waals surface area contributed by atoms with E-state index in [-0.39, 0.29) is 11.5 Å². The monoisotopic (exact) mass is 488 g/mol. The Labute approximate surface area is 205 Å². The molecule has 0 N–H and O–H groups in total. The van der Waals surface area contributed by atoms with Crippen molar-refractivity contribution >= 4 is 0 Å². The van der Waals surface area contributed by atoms with Crippen LogP contribution in [0.4, 0.5) is 13.2 Å². The molecule has 1 rings (SSSR count). The van der Waals surface area contributed by atoms with Crippen LogP contribution < -0.4 is 0 Å². The summed E-state index contributed by atoms with van der Waals surface area (Å²) in [5.41, 5.74) is 0.239. The Bertz CT molecular complexity index is 637. The molecule has 6 heteroatoms. The SMILES string of the molecule is CCCCCCCCC(CCCCCCc1cc(F)c(F)cc1F)C(OCC)(OCC)OCC. The van der Waals surface area contributed by atoms with Crippen LogP contribution in [-0.4, -0.2) is 25.8 Å². The second kappa shape index (κ2) is 18.2. The number of rotatable bonds is 21. The number of aryl methyl sites for hydroxylation is 1. The highest BCUT2D eigenvalue weighted by Gasteiger charge is 2.41. The van der Waals surface area contributed by atoms with Crippen LogP contribution in [0.1, 0.15) is 110 Å². The molecule has 0 radical (unpaired) electrons. The molecule has 198 valence electrons. The van der Waals surface area contributed by atoms with E-state index in [2.05, 4.69) is 6.92 Å². The molecule has 34 heavy (non-hydrogen) atoms. The molecular formula is C28H47F3O3. The number of halogens is 3. The van der Waals surface area contributed by atoms with Gasteiger partial charge in [-0.3, -0.25) is 0 Å². The van der Waals surface area contributed by atoms with Crippen LogP contribution in [0.2, 0.25) is 0 Å². The van der Waals surface area contributed by atoms with Crippen molar-refractivity contribution in [3.05, 3.63) is 35.1 Å². The van der Waals surface area contributed by atoms with Gasteiger partial charge < -0.3 is 14.2 Å². The fourth-order valence-corrected chi connectivity index (χ4v) is 4.57. The van der Waals surface area contributed by atoms with Crippen LogP contribution >= 0.6 is 0 Å². The smallest absolute Gasteiger partial charge is 0.285 e. The minimum absolute atomic E-state index is 0.141.